The zero-order chi connectivity index (χ0) is 13.1. The van der Waals surface area contributed by atoms with Gasteiger partial charge >= 0.3 is 0 Å². The number of hydrogen-bond acceptors (Lipinski definition) is 2. The van der Waals surface area contributed by atoms with Crippen molar-refractivity contribution in [1.82, 2.24) is 10.2 Å². The Kier molecular flexibility index (Phi) is 5.08. The number of likely N-dealkylation sites (N-methyl/N-ethyl adjacent to an activating group) is 1. The van der Waals surface area contributed by atoms with Crippen molar-refractivity contribution in [2.24, 2.45) is 17.8 Å². The monoisotopic (exact) mass is 252 g/mol. The Morgan fingerprint density at radius 1 is 1.11 bits per heavy atom. The van der Waals surface area contributed by atoms with Crippen molar-refractivity contribution in [3.8, 4) is 0 Å². The van der Waals surface area contributed by atoms with E-state index in [1.807, 2.05) is 0 Å². The lowest BCUT2D eigenvalue weighted by Crippen LogP contribution is -2.58. The molecule has 0 amide bonds. The van der Waals surface area contributed by atoms with E-state index in [4.69, 9.17) is 0 Å². The average molecular weight is 252 g/mol. The van der Waals surface area contributed by atoms with E-state index in [-0.39, 0.29) is 0 Å². The van der Waals surface area contributed by atoms with E-state index in [1.165, 1.54) is 38.8 Å². The first-order valence-electron chi connectivity index (χ1n) is 8.09. The third-order valence-electron chi connectivity index (χ3n) is 5.00. The Labute approximate surface area is 114 Å². The van der Waals surface area contributed by atoms with Crippen molar-refractivity contribution < 1.29 is 0 Å². The maximum absolute atomic E-state index is 3.77. The third kappa shape index (κ3) is 3.27. The van der Waals surface area contributed by atoms with Crippen molar-refractivity contribution in [2.75, 3.05) is 19.6 Å². The van der Waals surface area contributed by atoms with Gasteiger partial charge in [-0.15, -0.1) is 0 Å². The van der Waals surface area contributed by atoms with Crippen molar-refractivity contribution in [2.45, 2.75) is 65.5 Å². The molecular formula is C16H32N2. The molecule has 0 radical (unpaired) electrons. The highest BCUT2D eigenvalue weighted by atomic mass is 15.2. The standard InChI is InChI=1S/C16H32N2/c1-5-17-15-10-13(3)9-14(4)16(15)18-8-6-7-12(2)11-18/h12-17H,5-11H2,1-4H3. The fourth-order valence-corrected chi connectivity index (χ4v) is 4.42. The van der Waals surface area contributed by atoms with Crippen LogP contribution in [0.25, 0.3) is 0 Å². The van der Waals surface area contributed by atoms with Crippen LogP contribution in [0.2, 0.25) is 0 Å². The number of nitrogens with zero attached hydrogens (tertiary/aromatic N) is 1. The Hall–Kier alpha value is -0.0800. The second-order valence-electron chi connectivity index (χ2n) is 6.95. The van der Waals surface area contributed by atoms with Gasteiger partial charge in [0.15, 0.2) is 0 Å². The zero-order valence-electron chi connectivity index (χ0n) is 12.8. The Morgan fingerprint density at radius 2 is 1.89 bits per heavy atom. The van der Waals surface area contributed by atoms with Gasteiger partial charge < -0.3 is 5.32 Å². The molecule has 18 heavy (non-hydrogen) atoms. The summed E-state index contributed by atoms with van der Waals surface area (Å²) < 4.78 is 0. The van der Waals surface area contributed by atoms with Gasteiger partial charge in [0, 0.05) is 18.6 Å². The summed E-state index contributed by atoms with van der Waals surface area (Å²) in [6.07, 6.45) is 5.61. The number of nitrogens with one attached hydrogen (secondary N) is 1. The van der Waals surface area contributed by atoms with Gasteiger partial charge in [-0.2, -0.15) is 0 Å². The molecule has 5 unspecified atom stereocenters. The largest absolute Gasteiger partial charge is 0.313 e. The van der Waals surface area contributed by atoms with Gasteiger partial charge in [0.2, 0.25) is 0 Å². The molecule has 1 aliphatic carbocycles. The lowest BCUT2D eigenvalue weighted by atomic mass is 9.75. The molecule has 2 fully saturated rings. The average Bonchev–Trinajstić information content (AvgIpc) is 2.28. The van der Waals surface area contributed by atoms with Crippen molar-refractivity contribution in [3.63, 3.8) is 0 Å². The van der Waals surface area contributed by atoms with Gasteiger partial charge in [-0.25, -0.2) is 0 Å². The maximum Gasteiger partial charge on any atom is 0.0275 e. The van der Waals surface area contributed by atoms with Crippen LogP contribution in [0.4, 0.5) is 0 Å². The van der Waals surface area contributed by atoms with Crippen LogP contribution in [0.15, 0.2) is 0 Å². The SMILES string of the molecule is CCNC1CC(C)CC(C)C1N1CCCC(C)C1. The first-order chi connectivity index (χ1) is 8.61. The molecular weight excluding hydrogens is 220 g/mol. The predicted molar refractivity (Wildman–Crippen MR) is 78.8 cm³/mol. The molecule has 5 atom stereocenters. The fourth-order valence-electron chi connectivity index (χ4n) is 4.42. The number of likely N-dealkylation sites (tertiary alicyclic amines) is 1. The van der Waals surface area contributed by atoms with Gasteiger partial charge in [0.25, 0.3) is 0 Å². The van der Waals surface area contributed by atoms with Gasteiger partial charge in [-0.1, -0.05) is 27.7 Å². The molecule has 2 rings (SSSR count). The van der Waals surface area contributed by atoms with E-state index in [0.717, 1.165) is 36.4 Å². The number of hydrogen-bond donors (Lipinski definition) is 1. The predicted octanol–water partition coefficient (Wildman–Crippen LogP) is 3.13. The van der Waals surface area contributed by atoms with E-state index in [2.05, 4.69) is 37.9 Å². The van der Waals surface area contributed by atoms with E-state index >= 15 is 0 Å². The first kappa shape index (κ1) is 14.3. The molecule has 0 aromatic heterocycles. The summed E-state index contributed by atoms with van der Waals surface area (Å²) in [4.78, 5) is 2.80. The van der Waals surface area contributed by atoms with Gasteiger partial charge in [0.05, 0.1) is 0 Å². The zero-order valence-corrected chi connectivity index (χ0v) is 12.8. The van der Waals surface area contributed by atoms with E-state index in [0.29, 0.717) is 0 Å². The second-order valence-corrected chi connectivity index (χ2v) is 6.95. The summed E-state index contributed by atoms with van der Waals surface area (Å²) >= 11 is 0. The molecule has 2 heteroatoms. The summed E-state index contributed by atoms with van der Waals surface area (Å²) in [6.45, 7) is 13.3. The molecule has 0 aromatic carbocycles. The van der Waals surface area contributed by atoms with Crippen LogP contribution in [0.1, 0.15) is 53.4 Å². The molecule has 2 aliphatic rings. The molecule has 0 bridgehead atoms. The van der Waals surface area contributed by atoms with Crippen LogP contribution in [-0.4, -0.2) is 36.6 Å². The summed E-state index contributed by atoms with van der Waals surface area (Å²) in [5.74, 6) is 2.64. The molecule has 1 saturated heterocycles. The third-order valence-corrected chi connectivity index (χ3v) is 5.00. The minimum absolute atomic E-state index is 0.721. The fraction of sp³-hybridized carbons (Fsp3) is 1.00. The Balaban J connectivity index is 2.05. The molecule has 0 aromatic rings. The van der Waals surface area contributed by atoms with Crippen LogP contribution in [0.3, 0.4) is 0 Å². The lowest BCUT2D eigenvalue weighted by Gasteiger charge is -2.48. The van der Waals surface area contributed by atoms with Crippen LogP contribution in [-0.2, 0) is 0 Å². The highest BCUT2D eigenvalue weighted by molar-refractivity contribution is 4.95. The van der Waals surface area contributed by atoms with Gasteiger partial charge in [-0.3, -0.25) is 4.90 Å². The summed E-state index contributed by atoms with van der Waals surface area (Å²) in [6, 6.07) is 1.50. The molecule has 2 nitrogen and oxygen atoms in total. The van der Waals surface area contributed by atoms with Gasteiger partial charge in [-0.05, 0) is 56.5 Å². The molecule has 1 N–H and O–H groups in total. The van der Waals surface area contributed by atoms with Crippen LogP contribution in [0, 0.1) is 17.8 Å². The summed E-state index contributed by atoms with van der Waals surface area (Å²) in [5.41, 5.74) is 0. The highest BCUT2D eigenvalue weighted by Crippen LogP contribution is 2.34. The quantitative estimate of drug-likeness (QED) is 0.830. The molecule has 106 valence electrons. The highest BCUT2D eigenvalue weighted by Gasteiger charge is 2.38. The summed E-state index contributed by atoms with van der Waals surface area (Å²) in [5, 5.41) is 3.77. The van der Waals surface area contributed by atoms with Crippen molar-refractivity contribution in [3.05, 3.63) is 0 Å². The maximum atomic E-state index is 3.77. The Morgan fingerprint density at radius 3 is 2.56 bits per heavy atom. The van der Waals surface area contributed by atoms with Crippen LogP contribution < -0.4 is 5.32 Å². The normalized spacial score (nSPS) is 43.0. The second kappa shape index (κ2) is 6.38. The molecule has 1 aliphatic heterocycles. The molecule has 1 saturated carbocycles. The van der Waals surface area contributed by atoms with Crippen LogP contribution >= 0.6 is 0 Å². The lowest BCUT2D eigenvalue weighted by molar-refractivity contribution is 0.0343. The first-order valence-corrected chi connectivity index (χ1v) is 8.09. The van der Waals surface area contributed by atoms with Crippen LogP contribution in [0.5, 0.6) is 0 Å². The van der Waals surface area contributed by atoms with Crippen molar-refractivity contribution in [1.29, 1.82) is 0 Å². The summed E-state index contributed by atoms with van der Waals surface area (Å²) in [7, 11) is 0. The van der Waals surface area contributed by atoms with E-state index in [1.54, 1.807) is 0 Å². The molecule has 0 spiro atoms. The smallest absolute Gasteiger partial charge is 0.0275 e. The van der Waals surface area contributed by atoms with Crippen molar-refractivity contribution >= 4 is 0 Å². The van der Waals surface area contributed by atoms with Gasteiger partial charge in [0.1, 0.15) is 0 Å². The number of rotatable bonds is 3. The van der Waals surface area contributed by atoms with E-state index in [9.17, 15) is 0 Å². The molecule has 1 heterocycles. The van der Waals surface area contributed by atoms with E-state index < -0.39 is 0 Å². The minimum Gasteiger partial charge on any atom is -0.313 e. The minimum atomic E-state index is 0.721. The topological polar surface area (TPSA) is 15.3 Å². The number of piperidine rings is 1. The Bertz CT molecular complexity index is 245.